The van der Waals surface area contributed by atoms with E-state index in [0.717, 1.165) is 49.1 Å². The van der Waals surface area contributed by atoms with Crippen LogP contribution in [0.3, 0.4) is 0 Å². The van der Waals surface area contributed by atoms with E-state index in [1.165, 1.54) is 18.5 Å². The molecule has 1 aliphatic heterocycles. The van der Waals surface area contributed by atoms with E-state index in [0.29, 0.717) is 5.69 Å². The fourth-order valence-electron chi connectivity index (χ4n) is 4.30. The summed E-state index contributed by atoms with van der Waals surface area (Å²) in [7, 11) is 0. The summed E-state index contributed by atoms with van der Waals surface area (Å²) in [6.45, 7) is 4.64. The minimum Gasteiger partial charge on any atom is -0.493 e. The van der Waals surface area contributed by atoms with Crippen LogP contribution in [0.15, 0.2) is 67.1 Å². The molecule has 182 valence electrons. The Hall–Kier alpha value is -3.61. The van der Waals surface area contributed by atoms with Crippen molar-refractivity contribution in [3.63, 3.8) is 0 Å². The van der Waals surface area contributed by atoms with E-state index in [-0.39, 0.29) is 24.5 Å². The lowest BCUT2D eigenvalue weighted by molar-refractivity contribution is -0.121. The third kappa shape index (κ3) is 6.50. The van der Waals surface area contributed by atoms with Gasteiger partial charge in [-0.15, -0.1) is 0 Å². The average Bonchev–Trinajstić information content (AvgIpc) is 3.60. The molecule has 3 aromatic rings. The molecule has 2 aromatic carbocycles. The minimum atomic E-state index is -0.105. The number of nitrogens with one attached hydrogen (secondary N) is 1. The third-order valence-electron chi connectivity index (χ3n) is 6.55. The summed E-state index contributed by atoms with van der Waals surface area (Å²) < 4.78 is 12.1. The van der Waals surface area contributed by atoms with Crippen molar-refractivity contribution in [2.45, 2.75) is 44.8 Å². The van der Waals surface area contributed by atoms with Crippen molar-refractivity contribution in [3.05, 3.63) is 78.4 Å². The molecule has 1 aromatic heterocycles. The van der Waals surface area contributed by atoms with Crippen LogP contribution in [-0.4, -0.2) is 41.7 Å². The summed E-state index contributed by atoms with van der Waals surface area (Å²) in [5.41, 5.74) is 2.89. The molecule has 35 heavy (non-hydrogen) atoms. The normalized spacial score (nSPS) is 18.2. The van der Waals surface area contributed by atoms with Gasteiger partial charge in [0.25, 0.3) is 0 Å². The van der Waals surface area contributed by atoms with Crippen LogP contribution in [0.25, 0.3) is 0 Å². The molecule has 1 saturated carbocycles. The van der Waals surface area contributed by atoms with Crippen molar-refractivity contribution >= 4 is 11.6 Å². The number of anilines is 1. The van der Waals surface area contributed by atoms with E-state index in [4.69, 9.17) is 9.47 Å². The highest BCUT2D eigenvalue weighted by atomic mass is 16.5. The molecule has 1 aliphatic carbocycles. The summed E-state index contributed by atoms with van der Waals surface area (Å²) >= 11 is 0. The van der Waals surface area contributed by atoms with Crippen molar-refractivity contribution in [1.82, 2.24) is 15.3 Å². The Kier molecular flexibility index (Phi) is 7.12. The summed E-state index contributed by atoms with van der Waals surface area (Å²) in [5.74, 6) is 2.48. The predicted octanol–water partition coefficient (Wildman–Crippen LogP) is 4.34. The van der Waals surface area contributed by atoms with Crippen molar-refractivity contribution in [2.24, 2.45) is 5.92 Å². The van der Waals surface area contributed by atoms with Gasteiger partial charge in [0.15, 0.2) is 0 Å². The molecule has 1 N–H and O–H groups in total. The lowest BCUT2D eigenvalue weighted by atomic mass is 10.1. The van der Waals surface area contributed by atoms with Gasteiger partial charge in [-0.25, -0.2) is 0 Å². The van der Waals surface area contributed by atoms with Gasteiger partial charge in [0, 0.05) is 37.2 Å². The average molecular weight is 473 g/mol. The largest absolute Gasteiger partial charge is 0.493 e. The van der Waals surface area contributed by atoms with Crippen LogP contribution >= 0.6 is 0 Å². The van der Waals surface area contributed by atoms with E-state index in [1.54, 1.807) is 18.6 Å². The maximum Gasteiger partial charge on any atom is 0.226 e. The lowest BCUT2D eigenvalue weighted by Crippen LogP contribution is -2.28. The summed E-state index contributed by atoms with van der Waals surface area (Å²) in [6.07, 6.45) is 8.75. The van der Waals surface area contributed by atoms with Gasteiger partial charge in [-0.3, -0.25) is 14.8 Å². The van der Waals surface area contributed by atoms with E-state index in [9.17, 15) is 4.79 Å². The molecule has 0 spiro atoms. The Morgan fingerprint density at radius 3 is 2.54 bits per heavy atom. The Balaban J connectivity index is 1.08. The highest BCUT2D eigenvalue weighted by Gasteiger charge is 2.25. The standard InChI is InChI=1S/C28H32N4O3/c1-20(31-28(33)16-23-17-29-13-14-30-23)22-4-8-26(9-5-22)35-27-12-15-32(18-27)24-6-10-25(11-7-24)34-19-21-2-3-21/h4-11,13-14,17,20-21,27H,2-3,12,15-16,18-19H2,1H3,(H,31,33)/t20-,27+/m0/s1. The smallest absolute Gasteiger partial charge is 0.226 e. The first-order valence-corrected chi connectivity index (χ1v) is 12.4. The molecule has 7 heteroatoms. The van der Waals surface area contributed by atoms with Gasteiger partial charge in [-0.05, 0) is 67.6 Å². The number of carbonyl (C=O) groups excluding carboxylic acids is 1. The number of hydrogen-bond acceptors (Lipinski definition) is 6. The number of benzene rings is 2. The second-order valence-electron chi connectivity index (χ2n) is 9.45. The minimum absolute atomic E-state index is 0.0770. The maximum absolute atomic E-state index is 12.3. The molecule has 2 fully saturated rings. The Morgan fingerprint density at radius 2 is 1.83 bits per heavy atom. The molecule has 2 heterocycles. The highest BCUT2D eigenvalue weighted by Crippen LogP contribution is 2.30. The maximum atomic E-state index is 12.3. The van der Waals surface area contributed by atoms with Crippen LogP contribution in [0.5, 0.6) is 11.5 Å². The van der Waals surface area contributed by atoms with Gasteiger partial charge < -0.3 is 19.7 Å². The molecular weight excluding hydrogens is 440 g/mol. The van der Waals surface area contributed by atoms with Crippen molar-refractivity contribution in [2.75, 3.05) is 24.6 Å². The molecule has 0 unspecified atom stereocenters. The second kappa shape index (κ2) is 10.8. The zero-order valence-corrected chi connectivity index (χ0v) is 20.1. The topological polar surface area (TPSA) is 76.6 Å². The highest BCUT2D eigenvalue weighted by molar-refractivity contribution is 5.78. The van der Waals surface area contributed by atoms with E-state index in [1.807, 2.05) is 31.2 Å². The Morgan fingerprint density at radius 1 is 1.06 bits per heavy atom. The number of carbonyl (C=O) groups is 1. The predicted molar refractivity (Wildman–Crippen MR) is 135 cm³/mol. The number of rotatable bonds is 10. The van der Waals surface area contributed by atoms with Gasteiger partial charge in [-0.2, -0.15) is 0 Å². The molecule has 7 nitrogen and oxygen atoms in total. The monoisotopic (exact) mass is 472 g/mol. The molecular formula is C28H32N4O3. The van der Waals surface area contributed by atoms with E-state index < -0.39 is 0 Å². The van der Waals surface area contributed by atoms with Crippen molar-refractivity contribution in [1.29, 1.82) is 0 Å². The number of ether oxygens (including phenoxy) is 2. The first kappa shape index (κ1) is 23.1. The number of aromatic nitrogens is 2. The first-order valence-electron chi connectivity index (χ1n) is 12.4. The Labute approximate surface area is 206 Å². The van der Waals surface area contributed by atoms with Crippen LogP contribution in [0.4, 0.5) is 5.69 Å². The molecule has 2 aliphatic rings. The molecule has 5 rings (SSSR count). The lowest BCUT2D eigenvalue weighted by Gasteiger charge is -2.20. The van der Waals surface area contributed by atoms with Gasteiger partial charge in [0.2, 0.25) is 5.91 Å². The zero-order valence-electron chi connectivity index (χ0n) is 20.1. The summed E-state index contributed by atoms with van der Waals surface area (Å²) in [4.78, 5) is 22.8. The van der Waals surface area contributed by atoms with Crippen LogP contribution in [-0.2, 0) is 11.2 Å². The van der Waals surface area contributed by atoms with E-state index in [2.05, 4.69) is 44.5 Å². The molecule has 0 bridgehead atoms. The van der Waals surface area contributed by atoms with Crippen molar-refractivity contribution in [3.8, 4) is 11.5 Å². The number of amides is 1. The third-order valence-corrected chi connectivity index (χ3v) is 6.55. The zero-order chi connectivity index (χ0) is 24.0. The van der Waals surface area contributed by atoms with Gasteiger partial charge >= 0.3 is 0 Å². The first-order chi connectivity index (χ1) is 17.1. The molecule has 1 amide bonds. The molecule has 1 saturated heterocycles. The summed E-state index contributed by atoms with van der Waals surface area (Å²) in [5, 5.41) is 3.02. The molecule has 0 radical (unpaired) electrons. The number of hydrogen-bond donors (Lipinski definition) is 1. The quantitative estimate of drug-likeness (QED) is 0.473. The molecule has 2 atom stereocenters. The summed E-state index contributed by atoms with van der Waals surface area (Å²) in [6, 6.07) is 16.3. The van der Waals surface area contributed by atoms with Gasteiger partial charge in [0.1, 0.15) is 17.6 Å². The van der Waals surface area contributed by atoms with E-state index >= 15 is 0 Å². The van der Waals surface area contributed by atoms with Crippen molar-refractivity contribution < 1.29 is 14.3 Å². The van der Waals surface area contributed by atoms with Gasteiger partial charge in [0.05, 0.1) is 31.3 Å². The number of nitrogens with zero attached hydrogens (tertiary/aromatic N) is 3. The van der Waals surface area contributed by atoms with Crippen LogP contribution < -0.4 is 19.7 Å². The second-order valence-corrected chi connectivity index (χ2v) is 9.45. The van der Waals surface area contributed by atoms with Crippen LogP contribution in [0.1, 0.15) is 43.5 Å². The van der Waals surface area contributed by atoms with Gasteiger partial charge in [-0.1, -0.05) is 12.1 Å². The SMILES string of the molecule is C[C@H](NC(=O)Cc1cnccn1)c1ccc(O[C@@H]2CCN(c3ccc(OCC4CC4)cc3)C2)cc1. The fraction of sp³-hybridized carbons (Fsp3) is 0.393. The van der Waals surface area contributed by atoms with Crippen LogP contribution in [0, 0.1) is 5.92 Å². The van der Waals surface area contributed by atoms with Crippen LogP contribution in [0.2, 0.25) is 0 Å². The fourth-order valence-corrected chi connectivity index (χ4v) is 4.30. The Bertz CT molecular complexity index is 1100.